The van der Waals surface area contributed by atoms with Crippen LogP contribution in [0.1, 0.15) is 32.6 Å². The Morgan fingerprint density at radius 1 is 1.56 bits per heavy atom. The summed E-state index contributed by atoms with van der Waals surface area (Å²) in [7, 11) is 0. The first-order chi connectivity index (χ1) is 7.60. The molecule has 1 amide bonds. The van der Waals surface area contributed by atoms with E-state index in [2.05, 4.69) is 6.92 Å². The third-order valence-corrected chi connectivity index (χ3v) is 3.85. The van der Waals surface area contributed by atoms with Crippen LogP contribution in [-0.2, 0) is 4.79 Å². The molecule has 4 heteroatoms. The molecule has 0 radical (unpaired) electrons. The lowest BCUT2D eigenvalue weighted by Gasteiger charge is -2.48. The van der Waals surface area contributed by atoms with Crippen LogP contribution in [-0.4, -0.2) is 41.1 Å². The summed E-state index contributed by atoms with van der Waals surface area (Å²) in [6.45, 7) is 3.53. The van der Waals surface area contributed by atoms with Crippen LogP contribution in [0.5, 0.6) is 0 Å². The Kier molecular flexibility index (Phi) is 3.22. The molecule has 0 bridgehead atoms. The lowest BCUT2D eigenvalue weighted by molar-refractivity contribution is -0.163. The fourth-order valence-electron chi connectivity index (χ4n) is 2.60. The Morgan fingerprint density at radius 2 is 2.19 bits per heavy atom. The van der Waals surface area contributed by atoms with E-state index in [4.69, 9.17) is 5.73 Å². The number of aliphatic hydroxyl groups is 1. The van der Waals surface area contributed by atoms with Crippen LogP contribution in [0.2, 0.25) is 0 Å². The summed E-state index contributed by atoms with van der Waals surface area (Å²) in [5.41, 5.74) is 5.04. The predicted octanol–water partition coefficient (Wildman–Crippen LogP) is 0.345. The lowest BCUT2D eigenvalue weighted by atomic mass is 9.87. The van der Waals surface area contributed by atoms with E-state index in [0.29, 0.717) is 25.6 Å². The fourth-order valence-corrected chi connectivity index (χ4v) is 2.60. The van der Waals surface area contributed by atoms with Gasteiger partial charge in [0.05, 0.1) is 19.0 Å². The zero-order chi connectivity index (χ0) is 11.8. The minimum atomic E-state index is -0.568. The largest absolute Gasteiger partial charge is 0.386 e. The van der Waals surface area contributed by atoms with Crippen molar-refractivity contribution in [2.75, 3.05) is 19.6 Å². The van der Waals surface area contributed by atoms with E-state index in [9.17, 15) is 9.90 Å². The Bertz CT molecular complexity index is 270. The van der Waals surface area contributed by atoms with Crippen molar-refractivity contribution in [3.8, 4) is 0 Å². The van der Waals surface area contributed by atoms with Gasteiger partial charge in [0.2, 0.25) is 5.91 Å². The highest BCUT2D eigenvalue weighted by Crippen LogP contribution is 2.44. The molecule has 0 aromatic carbocycles. The van der Waals surface area contributed by atoms with E-state index in [0.717, 1.165) is 25.7 Å². The molecular weight excluding hydrogens is 204 g/mol. The monoisotopic (exact) mass is 226 g/mol. The van der Waals surface area contributed by atoms with Gasteiger partial charge < -0.3 is 15.7 Å². The molecule has 4 nitrogen and oxygen atoms in total. The summed E-state index contributed by atoms with van der Waals surface area (Å²) >= 11 is 0. The lowest BCUT2D eigenvalue weighted by Crippen LogP contribution is -2.66. The van der Waals surface area contributed by atoms with Crippen LogP contribution < -0.4 is 5.73 Å². The molecule has 1 unspecified atom stereocenters. The fraction of sp³-hybridized carbons (Fsp3) is 0.917. The molecule has 1 saturated carbocycles. The molecule has 1 saturated heterocycles. The number of nitrogens with two attached hydrogens (primary N) is 1. The molecule has 1 atom stereocenters. The minimum Gasteiger partial charge on any atom is -0.386 e. The number of nitrogens with zero attached hydrogens (tertiary/aromatic N) is 1. The van der Waals surface area contributed by atoms with Gasteiger partial charge in [-0.1, -0.05) is 13.3 Å². The van der Waals surface area contributed by atoms with Gasteiger partial charge in [0, 0.05) is 6.54 Å². The highest BCUT2D eigenvalue weighted by Gasteiger charge is 2.53. The van der Waals surface area contributed by atoms with Crippen LogP contribution in [0, 0.1) is 11.8 Å². The molecule has 1 aliphatic heterocycles. The van der Waals surface area contributed by atoms with E-state index in [1.807, 2.05) is 0 Å². The third-order valence-electron chi connectivity index (χ3n) is 3.85. The predicted molar refractivity (Wildman–Crippen MR) is 61.7 cm³/mol. The van der Waals surface area contributed by atoms with Crippen molar-refractivity contribution in [2.24, 2.45) is 17.6 Å². The normalized spacial score (nSPS) is 25.1. The third kappa shape index (κ3) is 2.09. The van der Waals surface area contributed by atoms with Crippen molar-refractivity contribution in [3.63, 3.8) is 0 Å². The molecule has 1 heterocycles. The SMILES string of the molecule is CCCC(CN)C(=O)N1CC(O)(C2CC2)C1. The molecule has 0 aromatic heterocycles. The zero-order valence-electron chi connectivity index (χ0n) is 9.98. The summed E-state index contributed by atoms with van der Waals surface area (Å²) in [6, 6.07) is 0. The standard InChI is InChI=1S/C12H22N2O2/c1-2-3-9(6-13)11(15)14-7-12(16,8-14)10-4-5-10/h9-10,16H,2-8,13H2,1H3. The minimum absolute atomic E-state index is 0.0475. The first-order valence-electron chi connectivity index (χ1n) is 6.32. The molecule has 2 fully saturated rings. The van der Waals surface area contributed by atoms with E-state index in [1.54, 1.807) is 4.90 Å². The van der Waals surface area contributed by atoms with Crippen molar-refractivity contribution in [3.05, 3.63) is 0 Å². The highest BCUT2D eigenvalue weighted by atomic mass is 16.3. The van der Waals surface area contributed by atoms with Gasteiger partial charge in [0.1, 0.15) is 5.60 Å². The molecule has 3 N–H and O–H groups in total. The van der Waals surface area contributed by atoms with Gasteiger partial charge in [0.25, 0.3) is 0 Å². The van der Waals surface area contributed by atoms with Crippen molar-refractivity contribution in [2.45, 2.75) is 38.2 Å². The number of β-amino-alcohol motifs (C(OH)–C–C–N with tert-alkyl or cyclic N) is 1. The molecule has 1 aliphatic carbocycles. The van der Waals surface area contributed by atoms with Crippen LogP contribution in [0.25, 0.3) is 0 Å². The molecule has 2 rings (SSSR count). The average molecular weight is 226 g/mol. The van der Waals surface area contributed by atoms with Crippen molar-refractivity contribution >= 4 is 5.91 Å². The molecule has 92 valence electrons. The summed E-state index contributed by atoms with van der Waals surface area (Å²) < 4.78 is 0. The summed E-state index contributed by atoms with van der Waals surface area (Å²) in [6.07, 6.45) is 4.07. The second-order valence-electron chi connectivity index (χ2n) is 5.29. The quantitative estimate of drug-likeness (QED) is 0.710. The Hall–Kier alpha value is -0.610. The smallest absolute Gasteiger partial charge is 0.227 e. The molecule has 16 heavy (non-hydrogen) atoms. The maximum atomic E-state index is 12.0. The van der Waals surface area contributed by atoms with Crippen molar-refractivity contribution < 1.29 is 9.90 Å². The number of carbonyl (C=O) groups excluding carboxylic acids is 1. The van der Waals surface area contributed by atoms with Gasteiger partial charge in [-0.05, 0) is 25.2 Å². The molecule has 0 aromatic rings. The van der Waals surface area contributed by atoms with E-state index in [1.165, 1.54) is 0 Å². The van der Waals surface area contributed by atoms with Gasteiger partial charge in [-0.3, -0.25) is 4.79 Å². The van der Waals surface area contributed by atoms with Crippen molar-refractivity contribution in [1.29, 1.82) is 0 Å². The number of likely N-dealkylation sites (tertiary alicyclic amines) is 1. The molecular formula is C12H22N2O2. The molecule has 2 aliphatic rings. The van der Waals surface area contributed by atoms with Crippen molar-refractivity contribution in [1.82, 2.24) is 4.90 Å². The van der Waals surface area contributed by atoms with E-state index >= 15 is 0 Å². The van der Waals surface area contributed by atoms with Crippen LogP contribution in [0.3, 0.4) is 0 Å². The Morgan fingerprint density at radius 3 is 2.62 bits per heavy atom. The average Bonchev–Trinajstić information content (AvgIpc) is 3.04. The number of hydrogen-bond acceptors (Lipinski definition) is 3. The van der Waals surface area contributed by atoms with Gasteiger partial charge >= 0.3 is 0 Å². The second kappa shape index (κ2) is 4.34. The number of hydrogen-bond donors (Lipinski definition) is 2. The van der Waals surface area contributed by atoms with Gasteiger partial charge in [0.15, 0.2) is 0 Å². The Balaban J connectivity index is 1.83. The number of amides is 1. The first kappa shape index (κ1) is 11.9. The van der Waals surface area contributed by atoms with E-state index in [-0.39, 0.29) is 11.8 Å². The summed E-state index contributed by atoms with van der Waals surface area (Å²) in [5.74, 6) is 0.530. The first-order valence-corrected chi connectivity index (χ1v) is 6.32. The van der Waals surface area contributed by atoms with Gasteiger partial charge in [-0.2, -0.15) is 0 Å². The van der Waals surface area contributed by atoms with Crippen LogP contribution in [0.15, 0.2) is 0 Å². The number of rotatable bonds is 5. The summed E-state index contributed by atoms with van der Waals surface area (Å²) in [5, 5.41) is 10.1. The van der Waals surface area contributed by atoms with Gasteiger partial charge in [-0.25, -0.2) is 0 Å². The maximum absolute atomic E-state index is 12.0. The maximum Gasteiger partial charge on any atom is 0.227 e. The summed E-state index contributed by atoms with van der Waals surface area (Å²) in [4.78, 5) is 13.8. The number of carbonyl (C=O) groups is 1. The van der Waals surface area contributed by atoms with Gasteiger partial charge in [-0.15, -0.1) is 0 Å². The van der Waals surface area contributed by atoms with E-state index < -0.39 is 5.60 Å². The highest BCUT2D eigenvalue weighted by molar-refractivity contribution is 5.80. The second-order valence-corrected chi connectivity index (χ2v) is 5.29. The Labute approximate surface area is 96.8 Å². The van der Waals surface area contributed by atoms with Crippen LogP contribution >= 0.6 is 0 Å². The van der Waals surface area contributed by atoms with Crippen LogP contribution in [0.4, 0.5) is 0 Å². The topological polar surface area (TPSA) is 66.6 Å². The zero-order valence-corrected chi connectivity index (χ0v) is 9.98. The molecule has 0 spiro atoms.